The second kappa shape index (κ2) is 8.29. The lowest BCUT2D eigenvalue weighted by Gasteiger charge is -2.03. The Bertz CT molecular complexity index is 118. The number of hydrogen-bond donors (Lipinski definition) is 1. The molecule has 0 saturated carbocycles. The number of likely N-dealkylation sites (N-methyl/N-ethyl adjacent to an activating group) is 1. The molecule has 0 aromatic heterocycles. The summed E-state index contributed by atoms with van der Waals surface area (Å²) in [6.45, 7) is 2.03. The van der Waals surface area contributed by atoms with Crippen molar-refractivity contribution in [2.75, 3.05) is 40.5 Å². The minimum Gasteiger partial charge on any atom is -0.438 e. The highest BCUT2D eigenvalue weighted by Gasteiger charge is 1.97. The van der Waals surface area contributed by atoms with Gasteiger partial charge in [-0.25, -0.2) is 4.79 Å². The summed E-state index contributed by atoms with van der Waals surface area (Å²) in [4.78, 5) is 10.4. The molecule has 0 heterocycles. The molecule has 5 heteroatoms. The van der Waals surface area contributed by atoms with E-state index in [0.29, 0.717) is 13.2 Å². The van der Waals surface area contributed by atoms with Gasteiger partial charge in [0.05, 0.1) is 20.3 Å². The van der Waals surface area contributed by atoms with Crippen LogP contribution in [0.15, 0.2) is 0 Å². The largest absolute Gasteiger partial charge is 0.508 e. The minimum atomic E-state index is -0.674. The molecular weight excluding hydrogens is 162 g/mol. The summed E-state index contributed by atoms with van der Waals surface area (Å²) in [5, 5.41) is 2.92. The van der Waals surface area contributed by atoms with Crippen LogP contribution in [0, 0.1) is 0 Å². The zero-order valence-corrected chi connectivity index (χ0v) is 7.46. The summed E-state index contributed by atoms with van der Waals surface area (Å²) in [5.74, 6) is 0. The van der Waals surface area contributed by atoms with Gasteiger partial charge in [-0.15, -0.1) is 0 Å². The van der Waals surface area contributed by atoms with Crippen LogP contribution >= 0.6 is 0 Å². The van der Waals surface area contributed by atoms with Gasteiger partial charge in [-0.2, -0.15) is 0 Å². The lowest BCUT2D eigenvalue weighted by Crippen LogP contribution is -2.17. The summed E-state index contributed by atoms with van der Waals surface area (Å²) < 4.78 is 13.9. The molecule has 0 fully saturated rings. The Balaban J connectivity index is 2.95. The van der Waals surface area contributed by atoms with Crippen molar-refractivity contribution in [1.82, 2.24) is 5.32 Å². The van der Waals surface area contributed by atoms with Crippen molar-refractivity contribution in [3.8, 4) is 0 Å². The molecule has 0 aromatic rings. The van der Waals surface area contributed by atoms with E-state index in [2.05, 4.69) is 14.8 Å². The molecule has 0 spiro atoms. The van der Waals surface area contributed by atoms with E-state index in [-0.39, 0.29) is 6.61 Å². The average Bonchev–Trinajstić information content (AvgIpc) is 2.10. The van der Waals surface area contributed by atoms with E-state index in [4.69, 9.17) is 4.74 Å². The number of carbonyl (C=O) groups is 1. The summed E-state index contributed by atoms with van der Waals surface area (Å²) in [6, 6.07) is 0. The van der Waals surface area contributed by atoms with E-state index in [1.807, 2.05) is 7.05 Å². The second-order valence-corrected chi connectivity index (χ2v) is 2.02. The molecule has 0 radical (unpaired) electrons. The van der Waals surface area contributed by atoms with Crippen molar-refractivity contribution in [3.63, 3.8) is 0 Å². The maximum Gasteiger partial charge on any atom is 0.508 e. The fourth-order valence-corrected chi connectivity index (χ4v) is 0.519. The highest BCUT2D eigenvalue weighted by atomic mass is 16.7. The molecule has 12 heavy (non-hydrogen) atoms. The zero-order chi connectivity index (χ0) is 9.23. The third kappa shape index (κ3) is 7.30. The maximum atomic E-state index is 10.4. The summed E-state index contributed by atoms with van der Waals surface area (Å²) in [6.07, 6.45) is -0.674. The van der Waals surface area contributed by atoms with Crippen LogP contribution in [0.3, 0.4) is 0 Å². The molecule has 0 atom stereocenters. The smallest absolute Gasteiger partial charge is 0.438 e. The lowest BCUT2D eigenvalue weighted by molar-refractivity contribution is 0.0385. The van der Waals surface area contributed by atoms with E-state index < -0.39 is 6.16 Å². The van der Waals surface area contributed by atoms with Gasteiger partial charge >= 0.3 is 6.16 Å². The fraction of sp³-hybridized carbons (Fsp3) is 0.857. The summed E-state index contributed by atoms with van der Waals surface area (Å²) in [5.41, 5.74) is 0. The van der Waals surface area contributed by atoms with Gasteiger partial charge in [0.15, 0.2) is 0 Å². The highest BCUT2D eigenvalue weighted by molar-refractivity contribution is 5.59. The average molecular weight is 177 g/mol. The highest BCUT2D eigenvalue weighted by Crippen LogP contribution is 1.82. The van der Waals surface area contributed by atoms with Crippen molar-refractivity contribution >= 4 is 6.16 Å². The van der Waals surface area contributed by atoms with Crippen molar-refractivity contribution in [1.29, 1.82) is 0 Å². The number of nitrogens with one attached hydrogen (secondary N) is 1. The molecule has 1 N–H and O–H groups in total. The number of carbonyl (C=O) groups excluding carboxylic acids is 1. The fourth-order valence-electron chi connectivity index (χ4n) is 0.519. The van der Waals surface area contributed by atoms with E-state index in [9.17, 15) is 4.79 Å². The Labute approximate surface area is 72.0 Å². The number of methoxy groups -OCH3 is 1. The molecule has 0 bridgehead atoms. The van der Waals surface area contributed by atoms with Gasteiger partial charge in [0.1, 0.15) is 6.61 Å². The van der Waals surface area contributed by atoms with Crippen LogP contribution in [-0.2, 0) is 14.2 Å². The van der Waals surface area contributed by atoms with E-state index in [1.165, 1.54) is 7.11 Å². The Morgan fingerprint density at radius 2 is 2.08 bits per heavy atom. The first-order valence-electron chi connectivity index (χ1n) is 3.74. The Hall–Kier alpha value is -0.810. The molecule has 72 valence electrons. The van der Waals surface area contributed by atoms with E-state index in [1.54, 1.807) is 0 Å². The Kier molecular flexibility index (Phi) is 7.73. The first-order chi connectivity index (χ1) is 5.81. The van der Waals surface area contributed by atoms with Gasteiger partial charge in [-0.05, 0) is 7.05 Å². The quantitative estimate of drug-likeness (QED) is 0.457. The standard InChI is InChI=1S/C7H15NO4/c1-8-3-4-11-5-6-12-7(9)10-2/h8H,3-6H2,1-2H3. The van der Waals surface area contributed by atoms with E-state index in [0.717, 1.165) is 6.54 Å². The van der Waals surface area contributed by atoms with Crippen LogP contribution in [-0.4, -0.2) is 46.7 Å². The van der Waals surface area contributed by atoms with Gasteiger partial charge in [0.25, 0.3) is 0 Å². The first kappa shape index (κ1) is 11.2. The topological polar surface area (TPSA) is 56.8 Å². The second-order valence-electron chi connectivity index (χ2n) is 2.02. The van der Waals surface area contributed by atoms with Gasteiger partial charge in [0.2, 0.25) is 0 Å². The minimum absolute atomic E-state index is 0.233. The van der Waals surface area contributed by atoms with Gasteiger partial charge < -0.3 is 19.5 Å². The summed E-state index contributed by atoms with van der Waals surface area (Å²) in [7, 11) is 3.11. The molecule has 0 amide bonds. The molecule has 0 saturated heterocycles. The van der Waals surface area contributed by atoms with Crippen LogP contribution in [0.5, 0.6) is 0 Å². The van der Waals surface area contributed by atoms with Crippen molar-refractivity contribution in [3.05, 3.63) is 0 Å². The number of ether oxygens (including phenoxy) is 3. The molecule has 0 aliphatic heterocycles. The van der Waals surface area contributed by atoms with Crippen LogP contribution in [0.4, 0.5) is 4.79 Å². The molecule has 0 unspecified atom stereocenters. The number of rotatable bonds is 6. The molecule has 0 aliphatic rings. The van der Waals surface area contributed by atoms with Gasteiger partial charge in [-0.1, -0.05) is 0 Å². The van der Waals surface area contributed by atoms with E-state index >= 15 is 0 Å². The zero-order valence-electron chi connectivity index (χ0n) is 7.46. The van der Waals surface area contributed by atoms with Crippen molar-refractivity contribution in [2.24, 2.45) is 0 Å². The SMILES string of the molecule is CNCCOCCOC(=O)OC. The molecule has 0 rings (SSSR count). The predicted molar refractivity (Wildman–Crippen MR) is 43.1 cm³/mol. The Morgan fingerprint density at radius 3 is 2.67 bits per heavy atom. The van der Waals surface area contributed by atoms with Gasteiger partial charge in [0, 0.05) is 6.54 Å². The van der Waals surface area contributed by atoms with Crippen LogP contribution < -0.4 is 5.32 Å². The molecule has 0 aromatic carbocycles. The first-order valence-corrected chi connectivity index (χ1v) is 3.74. The third-order valence-corrected chi connectivity index (χ3v) is 1.11. The lowest BCUT2D eigenvalue weighted by atomic mass is 10.7. The Morgan fingerprint density at radius 1 is 1.33 bits per heavy atom. The monoisotopic (exact) mass is 177 g/mol. The van der Waals surface area contributed by atoms with Gasteiger partial charge in [-0.3, -0.25) is 0 Å². The molecular formula is C7H15NO4. The normalized spacial score (nSPS) is 9.50. The maximum absolute atomic E-state index is 10.4. The van der Waals surface area contributed by atoms with Crippen LogP contribution in [0.2, 0.25) is 0 Å². The van der Waals surface area contributed by atoms with Crippen molar-refractivity contribution in [2.45, 2.75) is 0 Å². The molecule has 5 nitrogen and oxygen atoms in total. The number of hydrogen-bond acceptors (Lipinski definition) is 5. The molecule has 0 aliphatic carbocycles. The van der Waals surface area contributed by atoms with Crippen LogP contribution in [0.25, 0.3) is 0 Å². The van der Waals surface area contributed by atoms with Crippen molar-refractivity contribution < 1.29 is 19.0 Å². The van der Waals surface area contributed by atoms with Crippen LogP contribution in [0.1, 0.15) is 0 Å². The third-order valence-electron chi connectivity index (χ3n) is 1.11. The predicted octanol–water partition coefficient (Wildman–Crippen LogP) is 0.00540. The summed E-state index contributed by atoms with van der Waals surface area (Å²) >= 11 is 0.